The molecule has 2 aromatic rings. The molecule has 0 saturated heterocycles. The molecule has 0 aromatic heterocycles. The van der Waals surface area contributed by atoms with Gasteiger partial charge in [0.15, 0.2) is 0 Å². The fourth-order valence-electron chi connectivity index (χ4n) is 2.85. The van der Waals surface area contributed by atoms with Crippen molar-refractivity contribution in [3.05, 3.63) is 65.7 Å². The minimum absolute atomic E-state index is 0.0476. The van der Waals surface area contributed by atoms with Gasteiger partial charge in [-0.3, -0.25) is 9.59 Å². The SMILES string of the molecule is COC(=O)c1cccc(NC(=O)CCN(CCCc2ccccc2)C(C)=O)c1. The molecular formula is C22H26N2O4. The number of ether oxygens (including phenoxy) is 1. The summed E-state index contributed by atoms with van der Waals surface area (Å²) in [6, 6.07) is 16.7. The molecule has 148 valence electrons. The van der Waals surface area contributed by atoms with Gasteiger partial charge in [-0.15, -0.1) is 0 Å². The number of aryl methyl sites for hydroxylation is 1. The number of methoxy groups -OCH3 is 1. The number of nitrogens with zero attached hydrogens (tertiary/aromatic N) is 1. The summed E-state index contributed by atoms with van der Waals surface area (Å²) in [6.45, 7) is 2.47. The molecule has 1 N–H and O–H groups in total. The van der Waals surface area contributed by atoms with Crippen molar-refractivity contribution in [3.63, 3.8) is 0 Å². The fourth-order valence-corrected chi connectivity index (χ4v) is 2.85. The third-order valence-corrected chi connectivity index (χ3v) is 4.36. The van der Waals surface area contributed by atoms with Crippen molar-refractivity contribution in [1.82, 2.24) is 4.90 Å². The maximum Gasteiger partial charge on any atom is 0.337 e. The van der Waals surface area contributed by atoms with Crippen LogP contribution in [0.15, 0.2) is 54.6 Å². The molecule has 0 aliphatic heterocycles. The average molecular weight is 382 g/mol. The van der Waals surface area contributed by atoms with E-state index in [2.05, 4.69) is 22.2 Å². The Hall–Kier alpha value is -3.15. The molecule has 2 aromatic carbocycles. The van der Waals surface area contributed by atoms with Gasteiger partial charge in [-0.05, 0) is 36.6 Å². The summed E-state index contributed by atoms with van der Waals surface area (Å²) in [5.74, 6) is -0.720. The zero-order chi connectivity index (χ0) is 20.4. The van der Waals surface area contributed by atoms with E-state index in [1.54, 1.807) is 29.2 Å². The number of rotatable bonds is 9. The van der Waals surface area contributed by atoms with Gasteiger partial charge in [0.05, 0.1) is 12.7 Å². The first kappa shape index (κ1) is 21.2. The van der Waals surface area contributed by atoms with Gasteiger partial charge in [-0.2, -0.15) is 0 Å². The van der Waals surface area contributed by atoms with Crippen molar-refractivity contribution < 1.29 is 19.1 Å². The fraction of sp³-hybridized carbons (Fsp3) is 0.318. The quantitative estimate of drug-likeness (QED) is 0.675. The number of carbonyl (C=O) groups excluding carboxylic acids is 3. The van der Waals surface area contributed by atoms with E-state index in [0.717, 1.165) is 12.8 Å². The van der Waals surface area contributed by atoms with Gasteiger partial charge in [0, 0.05) is 32.1 Å². The molecule has 0 spiro atoms. The van der Waals surface area contributed by atoms with Crippen LogP contribution in [0.25, 0.3) is 0 Å². The van der Waals surface area contributed by atoms with Crippen molar-refractivity contribution in [2.45, 2.75) is 26.2 Å². The number of hydrogen-bond acceptors (Lipinski definition) is 4. The summed E-state index contributed by atoms with van der Waals surface area (Å²) in [7, 11) is 1.31. The van der Waals surface area contributed by atoms with E-state index >= 15 is 0 Å². The van der Waals surface area contributed by atoms with Gasteiger partial charge >= 0.3 is 5.97 Å². The van der Waals surface area contributed by atoms with Gasteiger partial charge in [0.1, 0.15) is 0 Å². The molecule has 6 nitrogen and oxygen atoms in total. The number of anilines is 1. The van der Waals surface area contributed by atoms with Crippen LogP contribution in [0, 0.1) is 0 Å². The Morgan fingerprint density at radius 3 is 2.43 bits per heavy atom. The minimum Gasteiger partial charge on any atom is -0.465 e. The average Bonchev–Trinajstić information content (AvgIpc) is 2.70. The molecule has 28 heavy (non-hydrogen) atoms. The lowest BCUT2D eigenvalue weighted by atomic mass is 10.1. The lowest BCUT2D eigenvalue weighted by molar-refractivity contribution is -0.129. The molecule has 0 aliphatic rings. The molecule has 0 bridgehead atoms. The lowest BCUT2D eigenvalue weighted by Crippen LogP contribution is -2.33. The number of amides is 2. The highest BCUT2D eigenvalue weighted by Gasteiger charge is 2.12. The van der Waals surface area contributed by atoms with Crippen LogP contribution in [0.5, 0.6) is 0 Å². The number of carbonyl (C=O) groups is 3. The van der Waals surface area contributed by atoms with Crippen molar-refractivity contribution >= 4 is 23.5 Å². The van der Waals surface area contributed by atoms with Crippen LogP contribution in [-0.4, -0.2) is 42.9 Å². The van der Waals surface area contributed by atoms with Crippen molar-refractivity contribution in [1.29, 1.82) is 0 Å². The Balaban J connectivity index is 1.81. The Kier molecular flexibility index (Phi) is 8.21. The summed E-state index contributed by atoms with van der Waals surface area (Å²) < 4.78 is 4.68. The summed E-state index contributed by atoms with van der Waals surface area (Å²) in [6.07, 6.45) is 1.91. The number of benzene rings is 2. The van der Waals surface area contributed by atoms with Crippen LogP contribution in [0.3, 0.4) is 0 Å². The summed E-state index contributed by atoms with van der Waals surface area (Å²) in [5, 5.41) is 2.75. The molecular weight excluding hydrogens is 356 g/mol. The number of hydrogen-bond donors (Lipinski definition) is 1. The van der Waals surface area contributed by atoms with Crippen LogP contribution in [0.4, 0.5) is 5.69 Å². The van der Waals surface area contributed by atoms with Gasteiger partial charge in [-0.25, -0.2) is 4.79 Å². The Morgan fingerprint density at radius 1 is 1.00 bits per heavy atom. The van der Waals surface area contributed by atoms with E-state index in [-0.39, 0.29) is 18.2 Å². The second-order valence-corrected chi connectivity index (χ2v) is 6.47. The molecule has 0 heterocycles. The normalized spacial score (nSPS) is 10.2. The first-order valence-electron chi connectivity index (χ1n) is 9.27. The van der Waals surface area contributed by atoms with Gasteiger partial charge < -0.3 is 15.0 Å². The van der Waals surface area contributed by atoms with E-state index in [1.165, 1.54) is 19.6 Å². The van der Waals surface area contributed by atoms with Crippen LogP contribution in [-0.2, 0) is 20.7 Å². The smallest absolute Gasteiger partial charge is 0.337 e. The molecule has 0 fully saturated rings. The predicted octanol–water partition coefficient (Wildman–Crippen LogP) is 3.28. The first-order chi connectivity index (χ1) is 13.5. The second-order valence-electron chi connectivity index (χ2n) is 6.47. The summed E-state index contributed by atoms with van der Waals surface area (Å²) >= 11 is 0. The summed E-state index contributed by atoms with van der Waals surface area (Å²) in [4.78, 5) is 37.3. The minimum atomic E-state index is -0.461. The van der Waals surface area contributed by atoms with Crippen LogP contribution < -0.4 is 5.32 Å². The van der Waals surface area contributed by atoms with Gasteiger partial charge in [0.25, 0.3) is 0 Å². The Morgan fingerprint density at radius 2 is 1.75 bits per heavy atom. The molecule has 0 radical (unpaired) electrons. The monoisotopic (exact) mass is 382 g/mol. The second kappa shape index (κ2) is 10.9. The summed E-state index contributed by atoms with van der Waals surface area (Å²) in [5.41, 5.74) is 2.12. The number of esters is 1. The first-order valence-corrected chi connectivity index (χ1v) is 9.27. The third kappa shape index (κ3) is 6.87. The molecule has 0 atom stereocenters. The molecule has 2 amide bonds. The van der Waals surface area contributed by atoms with E-state index < -0.39 is 5.97 Å². The standard InChI is InChI=1S/C22H26N2O4/c1-17(25)24(14-7-10-18-8-4-3-5-9-18)15-13-21(26)23-20-12-6-11-19(16-20)22(27)28-2/h3-6,8-9,11-12,16H,7,10,13-15H2,1-2H3,(H,23,26). The van der Waals surface area contributed by atoms with Crippen molar-refractivity contribution in [2.24, 2.45) is 0 Å². The highest BCUT2D eigenvalue weighted by Crippen LogP contribution is 2.12. The zero-order valence-corrected chi connectivity index (χ0v) is 16.3. The molecule has 0 aliphatic carbocycles. The van der Waals surface area contributed by atoms with E-state index in [4.69, 9.17) is 0 Å². The predicted molar refractivity (Wildman–Crippen MR) is 108 cm³/mol. The molecule has 2 rings (SSSR count). The van der Waals surface area contributed by atoms with E-state index in [9.17, 15) is 14.4 Å². The Labute approximate surface area is 165 Å². The highest BCUT2D eigenvalue weighted by atomic mass is 16.5. The highest BCUT2D eigenvalue weighted by molar-refractivity contribution is 5.94. The van der Waals surface area contributed by atoms with E-state index in [1.807, 2.05) is 18.2 Å². The van der Waals surface area contributed by atoms with Crippen LogP contribution in [0.2, 0.25) is 0 Å². The molecule has 0 saturated carbocycles. The maximum atomic E-state index is 12.2. The van der Waals surface area contributed by atoms with Crippen molar-refractivity contribution in [3.8, 4) is 0 Å². The third-order valence-electron chi connectivity index (χ3n) is 4.36. The van der Waals surface area contributed by atoms with Gasteiger partial charge in [-0.1, -0.05) is 36.4 Å². The van der Waals surface area contributed by atoms with E-state index in [0.29, 0.717) is 24.3 Å². The molecule has 0 unspecified atom stereocenters. The van der Waals surface area contributed by atoms with Crippen LogP contribution >= 0.6 is 0 Å². The lowest BCUT2D eigenvalue weighted by Gasteiger charge is -2.21. The van der Waals surface area contributed by atoms with Crippen molar-refractivity contribution in [2.75, 3.05) is 25.5 Å². The number of nitrogens with one attached hydrogen (secondary N) is 1. The Bertz CT molecular complexity index is 805. The van der Waals surface area contributed by atoms with Gasteiger partial charge in [0.2, 0.25) is 11.8 Å². The van der Waals surface area contributed by atoms with Crippen LogP contribution in [0.1, 0.15) is 35.7 Å². The molecule has 6 heteroatoms. The maximum absolute atomic E-state index is 12.2. The largest absolute Gasteiger partial charge is 0.465 e. The zero-order valence-electron chi connectivity index (χ0n) is 16.3. The topological polar surface area (TPSA) is 75.7 Å².